The molecule has 0 saturated heterocycles. The van der Waals surface area contributed by atoms with Crippen LogP contribution in [-0.2, 0) is 10.0 Å². The highest BCUT2D eigenvalue weighted by molar-refractivity contribution is 7.89. The van der Waals surface area contributed by atoms with Gasteiger partial charge >= 0.3 is 0 Å². The summed E-state index contributed by atoms with van der Waals surface area (Å²) in [5.74, 6) is 0.454. The summed E-state index contributed by atoms with van der Waals surface area (Å²) in [5.41, 5.74) is 0. The summed E-state index contributed by atoms with van der Waals surface area (Å²) in [6.07, 6.45) is 2.89. The van der Waals surface area contributed by atoms with Crippen LogP contribution in [0.3, 0.4) is 0 Å². The largest absolute Gasteiger partial charge is 0.368 e. The van der Waals surface area contributed by atoms with Crippen LogP contribution in [0.2, 0.25) is 5.15 Å². The monoisotopic (exact) mass is 264 g/mol. The Morgan fingerprint density at radius 1 is 1.44 bits per heavy atom. The standard InChI is InChI=1S/C8H13ClN4O2S/c1-13(2)16(14,15)4-3-11-8-6-10-5-7(9)12-8/h5-6H,3-4H2,1-2H3,(H,11,12). The molecule has 90 valence electrons. The summed E-state index contributed by atoms with van der Waals surface area (Å²) in [6.45, 7) is 0.259. The van der Waals surface area contributed by atoms with Gasteiger partial charge in [0.2, 0.25) is 10.0 Å². The van der Waals surface area contributed by atoms with Crippen LogP contribution in [-0.4, -0.2) is 49.1 Å². The van der Waals surface area contributed by atoms with Crippen LogP contribution < -0.4 is 5.32 Å². The predicted molar refractivity (Wildman–Crippen MR) is 63.0 cm³/mol. The number of anilines is 1. The highest BCUT2D eigenvalue weighted by atomic mass is 35.5. The van der Waals surface area contributed by atoms with Crippen molar-refractivity contribution in [3.8, 4) is 0 Å². The number of rotatable bonds is 5. The van der Waals surface area contributed by atoms with Crippen LogP contribution in [0.1, 0.15) is 0 Å². The lowest BCUT2D eigenvalue weighted by Crippen LogP contribution is -2.28. The molecule has 8 heteroatoms. The summed E-state index contributed by atoms with van der Waals surface area (Å²) in [6, 6.07) is 0. The molecule has 0 radical (unpaired) electrons. The van der Waals surface area contributed by atoms with Crippen molar-refractivity contribution in [3.63, 3.8) is 0 Å². The summed E-state index contributed by atoms with van der Waals surface area (Å²) in [5, 5.41) is 3.10. The van der Waals surface area contributed by atoms with Crippen LogP contribution >= 0.6 is 11.6 Å². The molecular weight excluding hydrogens is 252 g/mol. The summed E-state index contributed by atoms with van der Waals surface area (Å²) < 4.78 is 24.0. The van der Waals surface area contributed by atoms with Gasteiger partial charge in [0.25, 0.3) is 0 Å². The molecule has 0 saturated carbocycles. The van der Waals surface area contributed by atoms with Crippen LogP contribution in [0.5, 0.6) is 0 Å². The third-order valence-electron chi connectivity index (χ3n) is 1.83. The maximum atomic E-state index is 11.4. The van der Waals surface area contributed by atoms with Crippen LogP contribution in [0.15, 0.2) is 12.4 Å². The zero-order valence-electron chi connectivity index (χ0n) is 9.01. The quantitative estimate of drug-likeness (QED) is 0.835. The Morgan fingerprint density at radius 3 is 2.69 bits per heavy atom. The van der Waals surface area contributed by atoms with E-state index in [1.165, 1.54) is 30.8 Å². The van der Waals surface area contributed by atoms with E-state index in [2.05, 4.69) is 15.3 Å². The smallest absolute Gasteiger partial charge is 0.215 e. The Hall–Kier alpha value is -0.920. The first-order valence-electron chi connectivity index (χ1n) is 4.53. The normalized spacial score (nSPS) is 11.8. The van der Waals surface area contributed by atoms with Crippen LogP contribution in [0.4, 0.5) is 5.82 Å². The number of halogens is 1. The van der Waals surface area contributed by atoms with Gasteiger partial charge in [0, 0.05) is 20.6 Å². The van der Waals surface area contributed by atoms with Crippen molar-refractivity contribution in [3.05, 3.63) is 17.5 Å². The van der Waals surface area contributed by atoms with E-state index in [9.17, 15) is 8.42 Å². The minimum absolute atomic E-state index is 0.00576. The van der Waals surface area contributed by atoms with E-state index in [1.54, 1.807) is 0 Å². The third-order valence-corrected chi connectivity index (χ3v) is 3.84. The minimum atomic E-state index is -3.19. The Balaban J connectivity index is 2.48. The Morgan fingerprint density at radius 2 is 2.12 bits per heavy atom. The zero-order valence-corrected chi connectivity index (χ0v) is 10.6. The van der Waals surface area contributed by atoms with Crippen molar-refractivity contribution >= 4 is 27.4 Å². The van der Waals surface area contributed by atoms with E-state index >= 15 is 0 Å². The first kappa shape index (κ1) is 13.1. The number of hydrogen-bond acceptors (Lipinski definition) is 5. The average Bonchev–Trinajstić information content (AvgIpc) is 2.17. The molecule has 0 aliphatic rings. The number of nitrogens with zero attached hydrogens (tertiary/aromatic N) is 3. The topological polar surface area (TPSA) is 75.2 Å². The van der Waals surface area contributed by atoms with Gasteiger partial charge in [-0.2, -0.15) is 0 Å². The molecule has 0 aliphatic carbocycles. The Labute approximate surface area is 99.7 Å². The SMILES string of the molecule is CN(C)S(=O)(=O)CCNc1cncc(Cl)n1. The van der Waals surface area contributed by atoms with Gasteiger partial charge in [-0.05, 0) is 0 Å². The number of hydrogen-bond donors (Lipinski definition) is 1. The molecule has 0 atom stereocenters. The molecule has 0 amide bonds. The van der Waals surface area contributed by atoms with E-state index in [1.807, 2.05) is 0 Å². The molecule has 0 spiro atoms. The molecule has 1 N–H and O–H groups in total. The summed E-state index contributed by atoms with van der Waals surface area (Å²) >= 11 is 5.62. The molecule has 1 heterocycles. The van der Waals surface area contributed by atoms with Gasteiger partial charge in [0.05, 0.1) is 18.1 Å². The third kappa shape index (κ3) is 3.92. The van der Waals surface area contributed by atoms with E-state index in [-0.39, 0.29) is 17.5 Å². The average molecular weight is 265 g/mol. The lowest BCUT2D eigenvalue weighted by Gasteiger charge is -2.11. The van der Waals surface area contributed by atoms with E-state index in [4.69, 9.17) is 11.6 Å². The van der Waals surface area contributed by atoms with Crippen molar-refractivity contribution in [1.82, 2.24) is 14.3 Å². The molecule has 0 bridgehead atoms. The highest BCUT2D eigenvalue weighted by Gasteiger charge is 2.12. The fourth-order valence-corrected chi connectivity index (χ4v) is 1.79. The summed E-state index contributed by atoms with van der Waals surface area (Å²) in [4.78, 5) is 7.74. The van der Waals surface area contributed by atoms with Crippen molar-refractivity contribution in [2.45, 2.75) is 0 Å². The molecular formula is C8H13ClN4O2S. The molecule has 1 aromatic rings. The van der Waals surface area contributed by atoms with Gasteiger partial charge in [-0.25, -0.2) is 17.7 Å². The van der Waals surface area contributed by atoms with Crippen molar-refractivity contribution in [2.75, 3.05) is 31.7 Å². The fourth-order valence-electron chi connectivity index (χ4n) is 0.918. The van der Waals surface area contributed by atoms with E-state index in [0.717, 1.165) is 0 Å². The van der Waals surface area contributed by atoms with Gasteiger partial charge in [-0.1, -0.05) is 11.6 Å². The van der Waals surface area contributed by atoms with Gasteiger partial charge < -0.3 is 5.32 Å². The van der Waals surface area contributed by atoms with E-state index in [0.29, 0.717) is 5.82 Å². The lowest BCUT2D eigenvalue weighted by molar-refractivity contribution is 0.521. The van der Waals surface area contributed by atoms with Gasteiger partial charge in [0.1, 0.15) is 11.0 Å². The lowest BCUT2D eigenvalue weighted by atomic mass is 10.6. The van der Waals surface area contributed by atoms with Crippen molar-refractivity contribution < 1.29 is 8.42 Å². The molecule has 0 unspecified atom stereocenters. The molecule has 16 heavy (non-hydrogen) atoms. The molecule has 6 nitrogen and oxygen atoms in total. The predicted octanol–water partition coefficient (Wildman–Crippen LogP) is 0.433. The molecule has 0 aromatic carbocycles. The fraction of sp³-hybridized carbons (Fsp3) is 0.500. The molecule has 0 fully saturated rings. The number of sulfonamides is 1. The van der Waals surface area contributed by atoms with Crippen molar-refractivity contribution in [2.24, 2.45) is 0 Å². The Bertz CT molecular complexity index is 449. The Kier molecular flexibility index (Phi) is 4.45. The highest BCUT2D eigenvalue weighted by Crippen LogP contribution is 2.06. The number of nitrogens with one attached hydrogen (secondary N) is 1. The van der Waals surface area contributed by atoms with Gasteiger partial charge in [0.15, 0.2) is 0 Å². The second kappa shape index (κ2) is 5.42. The molecule has 0 aliphatic heterocycles. The number of aromatic nitrogens is 2. The van der Waals surface area contributed by atoms with Crippen molar-refractivity contribution in [1.29, 1.82) is 0 Å². The minimum Gasteiger partial charge on any atom is -0.368 e. The second-order valence-corrected chi connectivity index (χ2v) is 5.94. The van der Waals surface area contributed by atoms with E-state index < -0.39 is 10.0 Å². The maximum Gasteiger partial charge on any atom is 0.215 e. The van der Waals surface area contributed by atoms with Gasteiger partial charge in [-0.3, -0.25) is 4.98 Å². The first-order chi connectivity index (χ1) is 7.42. The summed E-state index contributed by atoms with van der Waals surface area (Å²) in [7, 11) is -0.200. The van der Waals surface area contributed by atoms with Gasteiger partial charge in [-0.15, -0.1) is 0 Å². The molecule has 1 rings (SSSR count). The first-order valence-corrected chi connectivity index (χ1v) is 6.52. The van der Waals surface area contributed by atoms with Crippen LogP contribution in [0.25, 0.3) is 0 Å². The second-order valence-electron chi connectivity index (χ2n) is 3.25. The van der Waals surface area contributed by atoms with Crippen LogP contribution in [0, 0.1) is 0 Å². The zero-order chi connectivity index (χ0) is 12.2. The maximum absolute atomic E-state index is 11.4. The molecule has 1 aromatic heterocycles.